The van der Waals surface area contributed by atoms with E-state index in [9.17, 15) is 4.79 Å². The molecule has 1 fully saturated rings. The van der Waals surface area contributed by atoms with Crippen molar-refractivity contribution in [3.63, 3.8) is 0 Å². The van der Waals surface area contributed by atoms with Gasteiger partial charge in [-0.25, -0.2) is 4.68 Å². The summed E-state index contributed by atoms with van der Waals surface area (Å²) in [6.07, 6.45) is 5.84. The normalized spacial score (nSPS) is 16.6. The standard InChI is InChI=1S/C23H35N5O3/c1-19-5-7-20(8-6-19)22-18-28(26-25-22)13-15-31-17-16-30-14-10-23(29)24-11-9-21-4-3-12-27(21)2/h5-8,18,21H,3-4,9-17H2,1-2H3,(H,24,29). The fourth-order valence-corrected chi connectivity index (χ4v) is 3.72. The highest BCUT2D eigenvalue weighted by molar-refractivity contribution is 5.75. The number of ether oxygens (including phenoxy) is 2. The second kappa shape index (κ2) is 12.5. The quantitative estimate of drug-likeness (QED) is 0.492. The SMILES string of the molecule is Cc1ccc(-c2cn(CCOCCOCCC(=O)NCCC3CCCN3C)nn2)cc1. The molecular weight excluding hydrogens is 394 g/mol. The van der Waals surface area contributed by atoms with Gasteiger partial charge in [0.2, 0.25) is 5.91 Å². The topological polar surface area (TPSA) is 81.5 Å². The van der Waals surface area contributed by atoms with E-state index in [0.717, 1.165) is 24.2 Å². The Kier molecular flexibility index (Phi) is 9.45. The van der Waals surface area contributed by atoms with Crippen LogP contribution in [-0.2, 0) is 20.8 Å². The first-order chi connectivity index (χ1) is 15.1. The summed E-state index contributed by atoms with van der Waals surface area (Å²) in [5.41, 5.74) is 3.14. The first kappa shape index (κ1) is 23.4. The van der Waals surface area contributed by atoms with E-state index in [1.807, 2.05) is 18.3 Å². The Labute approximate surface area is 184 Å². The molecule has 8 nitrogen and oxygen atoms in total. The Morgan fingerprint density at radius 2 is 1.94 bits per heavy atom. The van der Waals surface area contributed by atoms with Crippen LogP contribution in [0.3, 0.4) is 0 Å². The molecule has 1 N–H and O–H groups in total. The monoisotopic (exact) mass is 429 g/mol. The lowest BCUT2D eigenvalue weighted by molar-refractivity contribution is -0.122. The summed E-state index contributed by atoms with van der Waals surface area (Å²) in [4.78, 5) is 14.2. The molecule has 0 radical (unpaired) electrons. The van der Waals surface area contributed by atoms with Gasteiger partial charge in [0.25, 0.3) is 0 Å². The van der Waals surface area contributed by atoms with E-state index in [2.05, 4.69) is 46.6 Å². The van der Waals surface area contributed by atoms with Gasteiger partial charge in [0.15, 0.2) is 0 Å². The van der Waals surface area contributed by atoms with E-state index >= 15 is 0 Å². The molecule has 1 aliphatic heterocycles. The van der Waals surface area contributed by atoms with E-state index in [1.165, 1.54) is 24.9 Å². The number of carbonyl (C=O) groups is 1. The van der Waals surface area contributed by atoms with Crippen molar-refractivity contribution in [2.24, 2.45) is 0 Å². The predicted octanol–water partition coefficient (Wildman–Crippen LogP) is 2.28. The highest BCUT2D eigenvalue weighted by Crippen LogP contribution is 2.17. The first-order valence-corrected chi connectivity index (χ1v) is 11.2. The van der Waals surface area contributed by atoms with Gasteiger partial charge in [-0.2, -0.15) is 0 Å². The van der Waals surface area contributed by atoms with Gasteiger partial charge in [0, 0.05) is 24.6 Å². The maximum atomic E-state index is 11.9. The van der Waals surface area contributed by atoms with Crippen LogP contribution >= 0.6 is 0 Å². The Balaban J connectivity index is 1.17. The average molecular weight is 430 g/mol. The number of rotatable bonds is 13. The lowest BCUT2D eigenvalue weighted by atomic mass is 10.1. The number of hydrogen-bond donors (Lipinski definition) is 1. The minimum absolute atomic E-state index is 0.0529. The molecule has 2 heterocycles. The first-order valence-electron chi connectivity index (χ1n) is 11.2. The van der Waals surface area contributed by atoms with E-state index in [4.69, 9.17) is 9.47 Å². The molecule has 170 valence electrons. The van der Waals surface area contributed by atoms with Crippen LogP contribution in [0, 0.1) is 6.92 Å². The number of benzene rings is 1. The van der Waals surface area contributed by atoms with Crippen molar-refractivity contribution in [3.05, 3.63) is 36.0 Å². The summed E-state index contributed by atoms with van der Waals surface area (Å²) in [5.74, 6) is 0.0529. The van der Waals surface area contributed by atoms with Crippen molar-refractivity contribution in [3.8, 4) is 11.3 Å². The number of amides is 1. The Bertz CT molecular complexity index is 793. The summed E-state index contributed by atoms with van der Waals surface area (Å²) in [6.45, 7) is 6.54. The van der Waals surface area contributed by atoms with Crippen LogP contribution in [0.5, 0.6) is 0 Å². The zero-order chi connectivity index (χ0) is 21.9. The number of aryl methyl sites for hydroxylation is 1. The van der Waals surface area contributed by atoms with Crippen molar-refractivity contribution < 1.29 is 14.3 Å². The van der Waals surface area contributed by atoms with E-state index in [0.29, 0.717) is 45.4 Å². The minimum atomic E-state index is 0.0529. The minimum Gasteiger partial charge on any atom is -0.379 e. The third-order valence-corrected chi connectivity index (χ3v) is 5.67. The smallest absolute Gasteiger partial charge is 0.222 e. The summed E-state index contributed by atoms with van der Waals surface area (Å²) in [6, 6.07) is 8.84. The largest absolute Gasteiger partial charge is 0.379 e. The Morgan fingerprint density at radius 1 is 1.16 bits per heavy atom. The summed E-state index contributed by atoms with van der Waals surface area (Å²) in [7, 11) is 2.16. The molecule has 1 saturated heterocycles. The molecule has 1 amide bonds. The van der Waals surface area contributed by atoms with Gasteiger partial charge in [-0.15, -0.1) is 5.10 Å². The fraction of sp³-hybridized carbons (Fsp3) is 0.609. The number of nitrogens with zero attached hydrogens (tertiary/aromatic N) is 4. The van der Waals surface area contributed by atoms with Gasteiger partial charge in [-0.3, -0.25) is 4.79 Å². The highest BCUT2D eigenvalue weighted by atomic mass is 16.5. The number of aromatic nitrogens is 3. The molecule has 2 aromatic rings. The molecule has 0 spiro atoms. The number of carbonyl (C=O) groups excluding carboxylic acids is 1. The molecule has 0 saturated carbocycles. The number of nitrogens with one attached hydrogen (secondary N) is 1. The van der Waals surface area contributed by atoms with Crippen LogP contribution in [0.1, 0.15) is 31.2 Å². The van der Waals surface area contributed by atoms with E-state index in [1.54, 1.807) is 4.68 Å². The lowest BCUT2D eigenvalue weighted by Crippen LogP contribution is -2.32. The molecule has 1 aliphatic rings. The van der Waals surface area contributed by atoms with Crippen LogP contribution in [0.25, 0.3) is 11.3 Å². The Hall–Kier alpha value is -2.29. The zero-order valence-corrected chi connectivity index (χ0v) is 18.8. The van der Waals surface area contributed by atoms with Crippen LogP contribution in [0.2, 0.25) is 0 Å². The molecule has 1 atom stereocenters. The van der Waals surface area contributed by atoms with Crippen molar-refractivity contribution in [2.75, 3.05) is 46.6 Å². The highest BCUT2D eigenvalue weighted by Gasteiger charge is 2.20. The van der Waals surface area contributed by atoms with Gasteiger partial charge in [-0.1, -0.05) is 35.0 Å². The van der Waals surface area contributed by atoms with Crippen molar-refractivity contribution in [1.82, 2.24) is 25.2 Å². The van der Waals surface area contributed by atoms with E-state index in [-0.39, 0.29) is 5.91 Å². The predicted molar refractivity (Wildman–Crippen MR) is 120 cm³/mol. The number of likely N-dealkylation sites (tertiary alicyclic amines) is 1. The van der Waals surface area contributed by atoms with Gasteiger partial charge < -0.3 is 19.7 Å². The van der Waals surface area contributed by atoms with Gasteiger partial charge in [0.1, 0.15) is 5.69 Å². The third-order valence-electron chi connectivity index (χ3n) is 5.67. The molecule has 8 heteroatoms. The second-order valence-corrected chi connectivity index (χ2v) is 8.12. The van der Waals surface area contributed by atoms with Gasteiger partial charge >= 0.3 is 0 Å². The van der Waals surface area contributed by atoms with Gasteiger partial charge in [-0.05, 0) is 39.8 Å². The molecule has 1 aromatic heterocycles. The Morgan fingerprint density at radius 3 is 2.68 bits per heavy atom. The zero-order valence-electron chi connectivity index (χ0n) is 18.8. The van der Waals surface area contributed by atoms with Crippen LogP contribution in [0.15, 0.2) is 30.5 Å². The van der Waals surface area contributed by atoms with Gasteiger partial charge in [0.05, 0.1) is 39.2 Å². The molecule has 1 aromatic carbocycles. The van der Waals surface area contributed by atoms with E-state index < -0.39 is 0 Å². The van der Waals surface area contributed by atoms with Crippen LogP contribution in [-0.4, -0.2) is 78.4 Å². The third kappa shape index (κ3) is 8.05. The maximum Gasteiger partial charge on any atom is 0.222 e. The molecule has 31 heavy (non-hydrogen) atoms. The molecule has 3 rings (SSSR count). The lowest BCUT2D eigenvalue weighted by Gasteiger charge is -2.19. The maximum absolute atomic E-state index is 11.9. The van der Waals surface area contributed by atoms with Crippen molar-refractivity contribution >= 4 is 5.91 Å². The second-order valence-electron chi connectivity index (χ2n) is 8.12. The average Bonchev–Trinajstić information content (AvgIpc) is 3.40. The molecule has 1 unspecified atom stereocenters. The summed E-state index contributed by atoms with van der Waals surface area (Å²) < 4.78 is 12.9. The summed E-state index contributed by atoms with van der Waals surface area (Å²) in [5, 5.41) is 11.3. The van der Waals surface area contributed by atoms with Crippen molar-refractivity contribution in [2.45, 2.75) is 45.2 Å². The number of hydrogen-bond acceptors (Lipinski definition) is 6. The fourth-order valence-electron chi connectivity index (χ4n) is 3.72. The molecular formula is C23H35N5O3. The van der Waals surface area contributed by atoms with Crippen molar-refractivity contribution in [1.29, 1.82) is 0 Å². The summed E-state index contributed by atoms with van der Waals surface area (Å²) >= 11 is 0. The van der Waals surface area contributed by atoms with Crippen LogP contribution in [0.4, 0.5) is 0 Å². The van der Waals surface area contributed by atoms with Crippen LogP contribution < -0.4 is 5.32 Å². The molecule has 0 aliphatic carbocycles. The molecule has 0 bridgehead atoms.